The van der Waals surface area contributed by atoms with E-state index in [1.165, 1.54) is 12.5 Å². The molecule has 0 atom stereocenters. The van der Waals surface area contributed by atoms with Crippen LogP contribution in [0.15, 0.2) is 22.1 Å². The molecule has 0 saturated heterocycles. The molecule has 9 heavy (non-hydrogen) atoms. The third-order valence-corrected chi connectivity index (χ3v) is 0.823. The predicted molar refractivity (Wildman–Crippen MR) is 31.9 cm³/mol. The van der Waals surface area contributed by atoms with E-state index in [0.29, 0.717) is 11.4 Å². The highest BCUT2D eigenvalue weighted by atomic mass is 16.3. The van der Waals surface area contributed by atoms with Gasteiger partial charge in [0.25, 0.3) is 0 Å². The highest BCUT2D eigenvalue weighted by Crippen LogP contribution is 2.21. The number of nitrogen functional groups attached to an aromatic ring is 1. The maximum Gasteiger partial charge on any atom is 0.114 e. The number of hydrogen-bond donors (Lipinski definition) is 1. The van der Waals surface area contributed by atoms with Gasteiger partial charge in [0.05, 0.1) is 11.4 Å². The Hall–Kier alpha value is -1.61. The van der Waals surface area contributed by atoms with Crippen molar-refractivity contribution < 1.29 is 4.42 Å². The second-order valence-electron chi connectivity index (χ2n) is 1.40. The molecule has 0 fully saturated rings. The van der Waals surface area contributed by atoms with E-state index < -0.39 is 0 Å². The van der Waals surface area contributed by atoms with E-state index in [1.54, 1.807) is 0 Å². The fourth-order valence-electron chi connectivity index (χ4n) is 0.430. The Morgan fingerprint density at radius 1 is 1.67 bits per heavy atom. The maximum absolute atomic E-state index is 7.92. The molecule has 5 nitrogen and oxygen atoms in total. The van der Waals surface area contributed by atoms with Crippen molar-refractivity contribution in [1.82, 2.24) is 0 Å². The minimum atomic E-state index is 0.331. The van der Waals surface area contributed by atoms with Crippen LogP contribution < -0.4 is 5.73 Å². The van der Waals surface area contributed by atoms with Crippen molar-refractivity contribution in [2.75, 3.05) is 5.73 Å². The van der Waals surface area contributed by atoms with Crippen LogP contribution in [0.2, 0.25) is 0 Å². The summed E-state index contributed by atoms with van der Waals surface area (Å²) < 4.78 is 4.61. The van der Waals surface area contributed by atoms with E-state index in [1.807, 2.05) is 0 Å². The fraction of sp³-hybridized carbons (Fsp3) is 0. The van der Waals surface area contributed by atoms with Gasteiger partial charge in [-0.25, -0.2) is 0 Å². The lowest BCUT2D eigenvalue weighted by molar-refractivity contribution is 0.569. The Morgan fingerprint density at radius 2 is 2.44 bits per heavy atom. The summed E-state index contributed by atoms with van der Waals surface area (Å²) in [6.07, 6.45) is 2.60. The standard InChI is InChI=1S/C4H4N4O/c5-3-1-9-2-4(3)7-8-6/h1-2H,5H2. The minimum Gasteiger partial charge on any atom is -0.470 e. The zero-order valence-electron chi connectivity index (χ0n) is 4.48. The average molecular weight is 124 g/mol. The molecule has 1 heterocycles. The number of furan rings is 1. The summed E-state index contributed by atoms with van der Waals surface area (Å²) >= 11 is 0. The Bertz CT molecular complexity index is 247. The smallest absolute Gasteiger partial charge is 0.114 e. The molecule has 2 N–H and O–H groups in total. The van der Waals surface area contributed by atoms with Crippen molar-refractivity contribution in [3.05, 3.63) is 23.0 Å². The van der Waals surface area contributed by atoms with Gasteiger partial charge in [0.1, 0.15) is 12.5 Å². The van der Waals surface area contributed by atoms with E-state index >= 15 is 0 Å². The van der Waals surface area contributed by atoms with E-state index in [-0.39, 0.29) is 0 Å². The Morgan fingerprint density at radius 3 is 2.89 bits per heavy atom. The molecule has 0 radical (unpaired) electrons. The van der Waals surface area contributed by atoms with Gasteiger partial charge in [-0.2, -0.15) is 0 Å². The molecule has 5 heteroatoms. The topological polar surface area (TPSA) is 87.9 Å². The molecule has 0 amide bonds. The quantitative estimate of drug-likeness (QED) is 0.351. The van der Waals surface area contributed by atoms with Crippen molar-refractivity contribution in [1.29, 1.82) is 0 Å². The van der Waals surface area contributed by atoms with Crippen LogP contribution in [-0.2, 0) is 0 Å². The molecule has 46 valence electrons. The van der Waals surface area contributed by atoms with Crippen LogP contribution in [0.4, 0.5) is 11.4 Å². The largest absolute Gasteiger partial charge is 0.470 e. The first-order valence-electron chi connectivity index (χ1n) is 2.21. The van der Waals surface area contributed by atoms with Gasteiger partial charge in [0, 0.05) is 4.91 Å². The van der Waals surface area contributed by atoms with E-state index in [0.717, 1.165) is 0 Å². The van der Waals surface area contributed by atoms with Crippen LogP contribution in [0.3, 0.4) is 0 Å². The first-order valence-corrected chi connectivity index (χ1v) is 2.21. The number of azide groups is 1. The fourth-order valence-corrected chi connectivity index (χ4v) is 0.430. The molecule has 1 rings (SSSR count). The Balaban J connectivity index is 3.07. The molecule has 0 spiro atoms. The summed E-state index contributed by atoms with van der Waals surface area (Å²) in [4.78, 5) is 2.52. The van der Waals surface area contributed by atoms with Gasteiger partial charge >= 0.3 is 0 Å². The molecule has 0 saturated carbocycles. The molecule has 0 aliphatic rings. The van der Waals surface area contributed by atoms with Crippen molar-refractivity contribution in [3.8, 4) is 0 Å². The van der Waals surface area contributed by atoms with Crippen LogP contribution in [0.25, 0.3) is 10.4 Å². The summed E-state index contributed by atoms with van der Waals surface area (Å²) in [6.45, 7) is 0. The van der Waals surface area contributed by atoms with Gasteiger partial charge in [0.2, 0.25) is 0 Å². The van der Waals surface area contributed by atoms with Crippen LogP contribution in [0.1, 0.15) is 0 Å². The van der Waals surface area contributed by atoms with Gasteiger partial charge in [-0.3, -0.25) is 0 Å². The van der Waals surface area contributed by atoms with Gasteiger partial charge in [-0.1, -0.05) is 5.11 Å². The lowest BCUT2D eigenvalue weighted by Crippen LogP contribution is -1.77. The summed E-state index contributed by atoms with van der Waals surface area (Å²) in [5, 5.41) is 3.23. The molecule has 0 unspecified atom stereocenters. The average Bonchev–Trinajstić information content (AvgIpc) is 2.18. The first-order chi connectivity index (χ1) is 4.34. The Kier molecular flexibility index (Phi) is 1.29. The molecule has 0 aliphatic heterocycles. The molecular weight excluding hydrogens is 120 g/mol. The highest BCUT2D eigenvalue weighted by molar-refractivity contribution is 5.58. The number of rotatable bonds is 1. The summed E-state index contributed by atoms with van der Waals surface area (Å²) in [6, 6.07) is 0. The third-order valence-electron chi connectivity index (χ3n) is 0.823. The molecular formula is C4H4N4O. The summed E-state index contributed by atoms with van der Waals surface area (Å²) in [5.74, 6) is 0. The SMILES string of the molecule is [N-]=[N+]=Nc1cocc1N. The molecule has 0 bridgehead atoms. The second-order valence-corrected chi connectivity index (χ2v) is 1.40. The van der Waals surface area contributed by atoms with Gasteiger partial charge < -0.3 is 10.2 Å². The minimum absolute atomic E-state index is 0.331. The van der Waals surface area contributed by atoms with Gasteiger partial charge in [-0.15, -0.1) is 0 Å². The summed E-state index contributed by atoms with van der Waals surface area (Å²) in [5.41, 5.74) is 13.9. The number of nitrogens with two attached hydrogens (primary N) is 1. The first kappa shape index (κ1) is 5.53. The van der Waals surface area contributed by atoms with E-state index in [9.17, 15) is 0 Å². The number of anilines is 1. The molecule has 0 aromatic carbocycles. The van der Waals surface area contributed by atoms with Crippen molar-refractivity contribution in [3.63, 3.8) is 0 Å². The number of nitrogens with zero attached hydrogens (tertiary/aromatic N) is 3. The van der Waals surface area contributed by atoms with Gasteiger partial charge in [-0.05, 0) is 5.53 Å². The lowest BCUT2D eigenvalue weighted by atomic mass is 10.5. The third kappa shape index (κ3) is 0.949. The van der Waals surface area contributed by atoms with Crippen molar-refractivity contribution >= 4 is 11.4 Å². The Labute approximate surface area is 50.7 Å². The monoisotopic (exact) mass is 124 g/mol. The summed E-state index contributed by atoms with van der Waals surface area (Å²) in [7, 11) is 0. The lowest BCUT2D eigenvalue weighted by Gasteiger charge is -1.79. The zero-order valence-corrected chi connectivity index (χ0v) is 4.48. The van der Waals surface area contributed by atoms with Crippen LogP contribution in [0.5, 0.6) is 0 Å². The molecule has 1 aromatic rings. The normalized spacial score (nSPS) is 8.44. The predicted octanol–water partition coefficient (Wildman–Crippen LogP) is 1.80. The van der Waals surface area contributed by atoms with Crippen molar-refractivity contribution in [2.45, 2.75) is 0 Å². The van der Waals surface area contributed by atoms with Crippen LogP contribution in [-0.4, -0.2) is 0 Å². The van der Waals surface area contributed by atoms with E-state index in [4.69, 9.17) is 11.3 Å². The van der Waals surface area contributed by atoms with Crippen LogP contribution in [0, 0.1) is 0 Å². The molecule has 0 aliphatic carbocycles. The van der Waals surface area contributed by atoms with E-state index in [2.05, 4.69) is 14.4 Å². The van der Waals surface area contributed by atoms with Gasteiger partial charge in [0.15, 0.2) is 0 Å². The maximum atomic E-state index is 7.92. The highest BCUT2D eigenvalue weighted by Gasteiger charge is 1.94. The van der Waals surface area contributed by atoms with Crippen LogP contribution >= 0.6 is 0 Å². The van der Waals surface area contributed by atoms with Crippen molar-refractivity contribution in [2.24, 2.45) is 5.11 Å². The second kappa shape index (κ2) is 2.11. The molecule has 1 aromatic heterocycles. The number of hydrogen-bond acceptors (Lipinski definition) is 3. The zero-order chi connectivity index (χ0) is 6.69.